The molecule has 0 rings (SSSR count). The van der Waals surface area contributed by atoms with Gasteiger partial charge in [-0.1, -0.05) is 179 Å². The predicted molar refractivity (Wildman–Crippen MR) is 232 cm³/mol. The zero-order valence-corrected chi connectivity index (χ0v) is 35.9. The Labute approximate surface area is 334 Å². The first-order valence-electron chi connectivity index (χ1n) is 23.2. The minimum atomic E-state index is -0.788. The lowest BCUT2D eigenvalue weighted by molar-refractivity contribution is -0.151. The average molecular weight is 760 g/mol. The van der Waals surface area contributed by atoms with Gasteiger partial charge in [-0.15, -0.1) is 0 Å². The molecule has 6 heteroatoms. The Bertz CT molecular complexity index is 900. The van der Waals surface area contributed by atoms with E-state index in [4.69, 9.17) is 4.74 Å². The van der Waals surface area contributed by atoms with E-state index in [0.29, 0.717) is 19.3 Å². The van der Waals surface area contributed by atoms with Crippen LogP contribution in [0.15, 0.2) is 36.5 Å². The number of carbonyl (C=O) groups excluding carboxylic acids is 2. The molecule has 0 saturated carbocycles. The number of hydrogen-bond acceptors (Lipinski definition) is 5. The van der Waals surface area contributed by atoms with Gasteiger partial charge in [0.1, 0.15) is 6.10 Å². The molecule has 316 valence electrons. The predicted octanol–water partition coefficient (Wildman–Crippen LogP) is 13.3. The van der Waals surface area contributed by atoms with Crippen molar-refractivity contribution < 1.29 is 24.5 Å². The second kappa shape index (κ2) is 42.2. The molecule has 0 aliphatic carbocycles. The zero-order valence-electron chi connectivity index (χ0n) is 35.9. The summed E-state index contributed by atoms with van der Waals surface area (Å²) in [7, 11) is 0. The van der Waals surface area contributed by atoms with E-state index in [-0.39, 0.29) is 24.9 Å². The van der Waals surface area contributed by atoms with Gasteiger partial charge in [0.05, 0.1) is 25.2 Å². The molecule has 3 N–H and O–H groups in total. The topological polar surface area (TPSA) is 95.9 Å². The maximum atomic E-state index is 13.1. The van der Waals surface area contributed by atoms with E-state index in [9.17, 15) is 19.8 Å². The Kier molecular flexibility index (Phi) is 40.7. The van der Waals surface area contributed by atoms with Crippen LogP contribution in [0.5, 0.6) is 0 Å². The highest BCUT2D eigenvalue weighted by Gasteiger charge is 2.24. The fourth-order valence-electron chi connectivity index (χ4n) is 6.87. The molecule has 0 radical (unpaired) electrons. The number of carbonyl (C=O) groups is 2. The number of allylic oxidation sites excluding steroid dienone is 6. The van der Waals surface area contributed by atoms with Crippen LogP contribution in [0.2, 0.25) is 0 Å². The molecule has 0 bridgehead atoms. The van der Waals surface area contributed by atoms with Crippen LogP contribution >= 0.6 is 0 Å². The molecule has 3 atom stereocenters. The van der Waals surface area contributed by atoms with Gasteiger partial charge in [0, 0.05) is 6.42 Å². The first kappa shape index (κ1) is 52.1. The number of aliphatic hydroxyl groups excluding tert-OH is 2. The average Bonchev–Trinajstić information content (AvgIpc) is 3.16. The number of esters is 1. The molecule has 0 spiro atoms. The fourth-order valence-corrected chi connectivity index (χ4v) is 6.87. The third-order valence-corrected chi connectivity index (χ3v) is 10.4. The molecule has 1 amide bonds. The van der Waals surface area contributed by atoms with Crippen LogP contribution in [0, 0.1) is 0 Å². The van der Waals surface area contributed by atoms with Crippen molar-refractivity contribution in [1.82, 2.24) is 5.32 Å². The molecule has 0 heterocycles. The number of rotatable bonds is 41. The molecule has 3 unspecified atom stereocenters. The molecule has 0 aliphatic rings. The van der Waals surface area contributed by atoms with Crippen molar-refractivity contribution in [3.8, 4) is 0 Å². The number of hydrogen-bond donors (Lipinski definition) is 3. The third kappa shape index (κ3) is 37.0. The summed E-state index contributed by atoms with van der Waals surface area (Å²) in [5.41, 5.74) is 0. The molecule has 54 heavy (non-hydrogen) atoms. The zero-order chi connectivity index (χ0) is 39.6. The Hall–Kier alpha value is -1.92. The van der Waals surface area contributed by atoms with E-state index >= 15 is 0 Å². The largest absolute Gasteiger partial charge is 0.462 e. The molecule has 0 aliphatic heterocycles. The summed E-state index contributed by atoms with van der Waals surface area (Å²) in [6.07, 6.45) is 47.8. The van der Waals surface area contributed by atoms with Crippen LogP contribution in [-0.2, 0) is 14.3 Å². The monoisotopic (exact) mass is 760 g/mol. The van der Waals surface area contributed by atoms with Crippen LogP contribution in [0.25, 0.3) is 0 Å². The molecule has 0 aromatic rings. The van der Waals surface area contributed by atoms with Crippen LogP contribution in [-0.4, -0.2) is 46.9 Å². The molecule has 0 saturated heterocycles. The van der Waals surface area contributed by atoms with Gasteiger partial charge in [-0.25, -0.2) is 0 Å². The highest BCUT2D eigenvalue weighted by Crippen LogP contribution is 2.17. The summed E-state index contributed by atoms with van der Waals surface area (Å²) in [6, 6.07) is -0.703. The lowest BCUT2D eigenvalue weighted by Crippen LogP contribution is -2.46. The third-order valence-electron chi connectivity index (χ3n) is 10.4. The Morgan fingerprint density at radius 1 is 0.537 bits per heavy atom. The first-order chi connectivity index (χ1) is 26.5. The van der Waals surface area contributed by atoms with E-state index < -0.39 is 18.2 Å². The maximum absolute atomic E-state index is 13.1. The van der Waals surface area contributed by atoms with Crippen LogP contribution < -0.4 is 5.32 Å². The Balaban J connectivity index is 4.46. The van der Waals surface area contributed by atoms with Crippen LogP contribution in [0.1, 0.15) is 233 Å². The van der Waals surface area contributed by atoms with Gasteiger partial charge in [0.15, 0.2) is 0 Å². The summed E-state index contributed by atoms with van der Waals surface area (Å²) >= 11 is 0. The van der Waals surface area contributed by atoms with E-state index in [0.717, 1.165) is 89.9 Å². The SMILES string of the molecule is CCC/C=C\CCCCCC(CC(=O)NC(CO)C(O)CCCCCCCCCCCC)OC(=O)CCCCCCCCC/C=C\C/C=C\CCCCC. The number of amides is 1. The van der Waals surface area contributed by atoms with Gasteiger partial charge in [-0.3, -0.25) is 9.59 Å². The summed E-state index contributed by atoms with van der Waals surface area (Å²) in [5.74, 6) is -0.501. The van der Waals surface area contributed by atoms with E-state index in [1.54, 1.807) is 0 Å². The maximum Gasteiger partial charge on any atom is 0.306 e. The van der Waals surface area contributed by atoms with Crippen molar-refractivity contribution in [2.45, 2.75) is 251 Å². The Morgan fingerprint density at radius 2 is 0.981 bits per heavy atom. The van der Waals surface area contributed by atoms with Crippen LogP contribution in [0.3, 0.4) is 0 Å². The first-order valence-corrected chi connectivity index (χ1v) is 23.2. The second-order valence-corrected chi connectivity index (χ2v) is 15.8. The number of nitrogens with one attached hydrogen (secondary N) is 1. The number of ether oxygens (including phenoxy) is 1. The lowest BCUT2D eigenvalue weighted by atomic mass is 10.0. The summed E-state index contributed by atoms with van der Waals surface area (Å²) in [5, 5.41) is 23.6. The van der Waals surface area contributed by atoms with Gasteiger partial charge in [0.2, 0.25) is 5.91 Å². The minimum absolute atomic E-state index is 0.0640. The van der Waals surface area contributed by atoms with E-state index in [1.807, 2.05) is 0 Å². The van der Waals surface area contributed by atoms with E-state index in [1.165, 1.54) is 96.3 Å². The molecular formula is C48H89NO5. The van der Waals surface area contributed by atoms with Crippen LogP contribution in [0.4, 0.5) is 0 Å². The quantitative estimate of drug-likeness (QED) is 0.0328. The van der Waals surface area contributed by atoms with Crippen molar-refractivity contribution in [3.63, 3.8) is 0 Å². The summed E-state index contributed by atoms with van der Waals surface area (Å²) in [4.78, 5) is 25.9. The summed E-state index contributed by atoms with van der Waals surface area (Å²) < 4.78 is 5.87. The van der Waals surface area contributed by atoms with Gasteiger partial charge in [-0.2, -0.15) is 0 Å². The number of aliphatic hydroxyl groups is 2. The smallest absolute Gasteiger partial charge is 0.306 e. The highest BCUT2D eigenvalue weighted by atomic mass is 16.5. The van der Waals surface area contributed by atoms with Crippen molar-refractivity contribution in [2.75, 3.05) is 6.61 Å². The molecule has 0 fully saturated rings. The minimum Gasteiger partial charge on any atom is -0.462 e. The van der Waals surface area contributed by atoms with Gasteiger partial charge < -0.3 is 20.3 Å². The molecule has 0 aromatic carbocycles. The second-order valence-electron chi connectivity index (χ2n) is 15.8. The lowest BCUT2D eigenvalue weighted by Gasteiger charge is -2.24. The molecule has 6 nitrogen and oxygen atoms in total. The fraction of sp³-hybridized carbons (Fsp3) is 0.833. The highest BCUT2D eigenvalue weighted by molar-refractivity contribution is 5.77. The van der Waals surface area contributed by atoms with Gasteiger partial charge in [0.25, 0.3) is 0 Å². The van der Waals surface area contributed by atoms with E-state index in [2.05, 4.69) is 62.5 Å². The van der Waals surface area contributed by atoms with Gasteiger partial charge >= 0.3 is 5.97 Å². The van der Waals surface area contributed by atoms with Crippen molar-refractivity contribution in [2.24, 2.45) is 0 Å². The Morgan fingerprint density at radius 3 is 1.56 bits per heavy atom. The van der Waals surface area contributed by atoms with Gasteiger partial charge in [-0.05, 0) is 77.0 Å². The normalized spacial score (nSPS) is 13.6. The standard InChI is InChI=1S/C48H89NO5/c1-4-7-10-13-16-19-21-22-23-24-25-26-27-29-32-35-38-41-48(53)54-44(39-36-33-30-18-15-12-9-6-3)42-47(52)49-45(43-50)46(51)40-37-34-31-28-20-17-14-11-8-5-2/h12,15-16,19,22-23,44-46,50-51H,4-11,13-14,17-18,20-21,24-43H2,1-3H3,(H,49,52)/b15-12-,19-16-,23-22-. The van der Waals surface area contributed by atoms with Crippen molar-refractivity contribution >= 4 is 11.9 Å². The van der Waals surface area contributed by atoms with Crippen molar-refractivity contribution in [3.05, 3.63) is 36.5 Å². The molecular weight excluding hydrogens is 671 g/mol. The molecule has 0 aromatic heterocycles. The number of unbranched alkanes of at least 4 members (excludes halogenated alkanes) is 23. The summed E-state index contributed by atoms with van der Waals surface area (Å²) in [6.45, 7) is 6.36. The van der Waals surface area contributed by atoms with Crippen molar-refractivity contribution in [1.29, 1.82) is 0 Å².